The minimum absolute atomic E-state index is 0.0620. The van der Waals surface area contributed by atoms with Crippen molar-refractivity contribution in [1.82, 2.24) is 9.91 Å². The van der Waals surface area contributed by atoms with E-state index in [1.807, 2.05) is 18.2 Å². The molecule has 1 atom stereocenters. The number of carbonyl (C=O) groups excluding carboxylic acids is 2. The van der Waals surface area contributed by atoms with Gasteiger partial charge < -0.3 is 14.4 Å². The lowest BCUT2D eigenvalue weighted by atomic mass is 9.97. The van der Waals surface area contributed by atoms with Gasteiger partial charge in [0.05, 0.1) is 31.0 Å². The normalized spacial score (nSPS) is 14.9. The lowest BCUT2D eigenvalue weighted by Crippen LogP contribution is -2.43. The van der Waals surface area contributed by atoms with Crippen LogP contribution in [0.15, 0.2) is 77.9 Å². The Labute approximate surface area is 213 Å². The van der Waals surface area contributed by atoms with Gasteiger partial charge in [-0.25, -0.2) is 13.8 Å². The summed E-state index contributed by atoms with van der Waals surface area (Å²) in [4.78, 5) is 28.0. The molecule has 0 aliphatic carbocycles. The van der Waals surface area contributed by atoms with E-state index in [1.165, 1.54) is 48.4 Å². The van der Waals surface area contributed by atoms with Gasteiger partial charge >= 0.3 is 0 Å². The molecule has 3 aromatic rings. The summed E-state index contributed by atoms with van der Waals surface area (Å²) in [6.45, 7) is -0.171. The van der Waals surface area contributed by atoms with E-state index >= 15 is 0 Å². The van der Waals surface area contributed by atoms with Gasteiger partial charge in [-0.3, -0.25) is 9.59 Å². The Morgan fingerprint density at radius 3 is 2.35 bits per heavy atom. The van der Waals surface area contributed by atoms with E-state index in [-0.39, 0.29) is 37.2 Å². The van der Waals surface area contributed by atoms with Crippen molar-refractivity contribution in [3.8, 4) is 5.75 Å². The molecule has 0 radical (unpaired) electrons. The molecule has 9 heteroatoms. The van der Waals surface area contributed by atoms with Gasteiger partial charge in [0.25, 0.3) is 11.8 Å². The maximum atomic E-state index is 14.6. The number of nitrogens with zero attached hydrogens (tertiary/aromatic N) is 3. The highest BCUT2D eigenvalue weighted by molar-refractivity contribution is 6.04. The Morgan fingerprint density at radius 2 is 1.65 bits per heavy atom. The van der Waals surface area contributed by atoms with Crippen LogP contribution in [0.1, 0.15) is 33.9 Å². The van der Waals surface area contributed by atoms with Crippen LogP contribution in [0.25, 0.3) is 0 Å². The predicted octanol–water partition coefficient (Wildman–Crippen LogP) is 4.44. The first kappa shape index (κ1) is 26.0. The van der Waals surface area contributed by atoms with Gasteiger partial charge in [0.15, 0.2) is 0 Å². The number of hydrazone groups is 1. The summed E-state index contributed by atoms with van der Waals surface area (Å²) in [6, 6.07) is 18.4. The van der Waals surface area contributed by atoms with Crippen LogP contribution in [0.5, 0.6) is 5.75 Å². The largest absolute Gasteiger partial charge is 0.496 e. The van der Waals surface area contributed by atoms with E-state index in [9.17, 15) is 18.4 Å². The van der Waals surface area contributed by atoms with Crippen molar-refractivity contribution in [3.05, 3.63) is 101 Å². The van der Waals surface area contributed by atoms with E-state index in [4.69, 9.17) is 9.47 Å². The Kier molecular flexibility index (Phi) is 8.25. The molecule has 0 fully saturated rings. The standard InChI is InChI=1S/C28H27F2N3O4/c1-36-16-15-32(28(35)20-10-4-7-13-23(20)30)18-27(34)33-25(21-11-5-8-14-26(21)37-2)17-24(31-33)19-9-3-6-12-22(19)29/h3-14,25H,15-18H2,1-2H3/t25-/m1/s1. The summed E-state index contributed by atoms with van der Waals surface area (Å²) in [5, 5.41) is 5.75. The number of hydrogen-bond acceptors (Lipinski definition) is 5. The van der Waals surface area contributed by atoms with Crippen LogP contribution in [-0.4, -0.2) is 61.4 Å². The van der Waals surface area contributed by atoms with Crippen molar-refractivity contribution < 1.29 is 27.8 Å². The molecular formula is C28H27F2N3O4. The number of ether oxygens (including phenoxy) is 2. The highest BCUT2D eigenvalue weighted by Gasteiger charge is 2.36. The Bertz CT molecular complexity index is 1310. The van der Waals surface area contributed by atoms with E-state index < -0.39 is 29.5 Å². The van der Waals surface area contributed by atoms with Gasteiger partial charge in [-0.15, -0.1) is 0 Å². The maximum Gasteiger partial charge on any atom is 0.262 e. The molecule has 37 heavy (non-hydrogen) atoms. The molecule has 0 N–H and O–H groups in total. The molecule has 1 aliphatic heterocycles. The van der Waals surface area contributed by atoms with Gasteiger partial charge in [-0.1, -0.05) is 48.5 Å². The summed E-state index contributed by atoms with van der Waals surface area (Å²) in [5.41, 5.74) is 1.23. The van der Waals surface area contributed by atoms with Crippen molar-refractivity contribution in [2.45, 2.75) is 12.5 Å². The fraction of sp³-hybridized carbons (Fsp3) is 0.250. The monoisotopic (exact) mass is 507 g/mol. The third kappa shape index (κ3) is 5.67. The second-order valence-corrected chi connectivity index (χ2v) is 8.43. The molecule has 0 bridgehead atoms. The number of para-hydroxylation sites is 1. The zero-order valence-corrected chi connectivity index (χ0v) is 20.6. The number of methoxy groups -OCH3 is 2. The van der Waals surface area contributed by atoms with Crippen LogP contribution in [0, 0.1) is 11.6 Å². The van der Waals surface area contributed by atoms with E-state index in [0.29, 0.717) is 17.0 Å². The number of carbonyl (C=O) groups is 2. The van der Waals surface area contributed by atoms with Crippen molar-refractivity contribution in [2.24, 2.45) is 5.10 Å². The quantitative estimate of drug-likeness (QED) is 0.429. The van der Waals surface area contributed by atoms with Crippen molar-refractivity contribution in [3.63, 3.8) is 0 Å². The van der Waals surface area contributed by atoms with Crippen molar-refractivity contribution >= 4 is 17.5 Å². The number of hydrogen-bond donors (Lipinski definition) is 0. The number of rotatable bonds is 9. The third-order valence-corrected chi connectivity index (χ3v) is 6.13. The molecule has 1 heterocycles. The SMILES string of the molecule is COCCN(CC(=O)N1N=C(c2ccccc2F)C[C@@H]1c1ccccc1OC)C(=O)c1ccccc1F. The van der Waals surface area contributed by atoms with Gasteiger partial charge in [0, 0.05) is 31.2 Å². The van der Waals surface area contributed by atoms with E-state index in [1.54, 1.807) is 30.3 Å². The first-order chi connectivity index (χ1) is 17.9. The lowest BCUT2D eigenvalue weighted by molar-refractivity contribution is -0.133. The summed E-state index contributed by atoms with van der Waals surface area (Å²) in [6.07, 6.45) is 0.242. The lowest BCUT2D eigenvalue weighted by Gasteiger charge is -2.27. The molecule has 0 saturated carbocycles. The van der Waals surface area contributed by atoms with Crippen LogP contribution in [0.2, 0.25) is 0 Å². The zero-order valence-electron chi connectivity index (χ0n) is 20.6. The predicted molar refractivity (Wildman–Crippen MR) is 134 cm³/mol. The Hall–Kier alpha value is -4.11. The topological polar surface area (TPSA) is 71.4 Å². The number of amides is 2. The summed E-state index contributed by atoms with van der Waals surface area (Å²) >= 11 is 0. The maximum absolute atomic E-state index is 14.6. The smallest absolute Gasteiger partial charge is 0.262 e. The molecule has 4 rings (SSSR count). The molecule has 7 nitrogen and oxygen atoms in total. The number of benzene rings is 3. The van der Waals surface area contributed by atoms with Gasteiger partial charge in [0.2, 0.25) is 0 Å². The van der Waals surface area contributed by atoms with Crippen LogP contribution in [0.3, 0.4) is 0 Å². The van der Waals surface area contributed by atoms with Gasteiger partial charge in [-0.05, 0) is 24.3 Å². The molecule has 192 valence electrons. The van der Waals surface area contributed by atoms with Crippen LogP contribution >= 0.6 is 0 Å². The molecule has 0 spiro atoms. The number of halogens is 2. The Balaban J connectivity index is 1.68. The molecule has 3 aromatic carbocycles. The molecule has 2 amide bonds. The molecule has 0 aromatic heterocycles. The molecule has 0 saturated heterocycles. The minimum atomic E-state index is -0.685. The van der Waals surface area contributed by atoms with E-state index in [0.717, 1.165) is 0 Å². The summed E-state index contributed by atoms with van der Waals surface area (Å²) in [5.74, 6) is -1.74. The van der Waals surface area contributed by atoms with Crippen molar-refractivity contribution in [2.75, 3.05) is 33.9 Å². The first-order valence-corrected chi connectivity index (χ1v) is 11.7. The summed E-state index contributed by atoms with van der Waals surface area (Å²) < 4.78 is 39.6. The highest BCUT2D eigenvalue weighted by Crippen LogP contribution is 2.37. The summed E-state index contributed by atoms with van der Waals surface area (Å²) in [7, 11) is 2.99. The molecule has 1 aliphatic rings. The average Bonchev–Trinajstić information content (AvgIpc) is 3.36. The van der Waals surface area contributed by atoms with Gasteiger partial charge in [-0.2, -0.15) is 5.10 Å². The second kappa shape index (κ2) is 11.7. The zero-order chi connectivity index (χ0) is 26.4. The average molecular weight is 508 g/mol. The highest BCUT2D eigenvalue weighted by atomic mass is 19.1. The van der Waals surface area contributed by atoms with Crippen LogP contribution in [-0.2, 0) is 9.53 Å². The molecule has 0 unspecified atom stereocenters. The van der Waals surface area contributed by atoms with Crippen molar-refractivity contribution in [1.29, 1.82) is 0 Å². The third-order valence-electron chi connectivity index (χ3n) is 6.13. The fourth-order valence-corrected chi connectivity index (χ4v) is 4.28. The van der Waals surface area contributed by atoms with Gasteiger partial charge in [0.1, 0.15) is 23.9 Å². The first-order valence-electron chi connectivity index (χ1n) is 11.7. The van der Waals surface area contributed by atoms with Crippen LogP contribution in [0.4, 0.5) is 8.78 Å². The van der Waals surface area contributed by atoms with Crippen LogP contribution < -0.4 is 4.74 Å². The minimum Gasteiger partial charge on any atom is -0.496 e. The molecular weight excluding hydrogens is 480 g/mol. The second-order valence-electron chi connectivity index (χ2n) is 8.43. The Morgan fingerprint density at radius 1 is 0.973 bits per heavy atom. The fourth-order valence-electron chi connectivity index (χ4n) is 4.28. The van der Waals surface area contributed by atoms with E-state index in [2.05, 4.69) is 5.10 Å².